The van der Waals surface area contributed by atoms with E-state index in [9.17, 15) is 4.79 Å². The molecule has 0 atom stereocenters. The quantitative estimate of drug-likeness (QED) is 0.911. The van der Waals surface area contributed by atoms with Crippen molar-refractivity contribution in [3.8, 4) is 5.75 Å². The Kier molecular flexibility index (Phi) is 4.18. The van der Waals surface area contributed by atoms with Crippen molar-refractivity contribution in [3.05, 3.63) is 59.7 Å². The first-order chi connectivity index (χ1) is 9.19. The number of para-hydroxylation sites is 2. The van der Waals surface area contributed by atoms with Gasteiger partial charge in [0.2, 0.25) is 5.91 Å². The molecule has 1 N–H and O–H groups in total. The summed E-state index contributed by atoms with van der Waals surface area (Å²) in [6.45, 7) is 2.03. The minimum absolute atomic E-state index is 0.0478. The second-order valence-electron chi connectivity index (χ2n) is 4.41. The van der Waals surface area contributed by atoms with Gasteiger partial charge in [0.05, 0.1) is 19.2 Å². The Bertz CT molecular complexity index is 561. The topological polar surface area (TPSA) is 38.3 Å². The van der Waals surface area contributed by atoms with E-state index in [4.69, 9.17) is 4.74 Å². The second-order valence-corrected chi connectivity index (χ2v) is 4.41. The fourth-order valence-electron chi connectivity index (χ4n) is 1.83. The Morgan fingerprint density at radius 1 is 1.11 bits per heavy atom. The maximum Gasteiger partial charge on any atom is 0.228 e. The van der Waals surface area contributed by atoms with Crippen LogP contribution in [0.25, 0.3) is 0 Å². The van der Waals surface area contributed by atoms with Gasteiger partial charge in [0.1, 0.15) is 5.75 Å². The minimum atomic E-state index is -0.0478. The SMILES string of the molecule is COc1ccccc1NC(=O)Cc1ccc(C)cc1. The fraction of sp³-hybridized carbons (Fsp3) is 0.188. The third kappa shape index (κ3) is 3.58. The Morgan fingerprint density at radius 3 is 2.47 bits per heavy atom. The number of aryl methyl sites for hydroxylation is 1. The maximum atomic E-state index is 12.0. The lowest BCUT2D eigenvalue weighted by Gasteiger charge is -2.09. The van der Waals surface area contributed by atoms with Gasteiger partial charge >= 0.3 is 0 Å². The minimum Gasteiger partial charge on any atom is -0.495 e. The van der Waals surface area contributed by atoms with Crippen LogP contribution in [0.15, 0.2) is 48.5 Å². The zero-order chi connectivity index (χ0) is 13.7. The summed E-state index contributed by atoms with van der Waals surface area (Å²) in [5, 5.41) is 2.86. The van der Waals surface area contributed by atoms with Gasteiger partial charge in [-0.1, -0.05) is 42.0 Å². The van der Waals surface area contributed by atoms with Crippen LogP contribution in [0.1, 0.15) is 11.1 Å². The van der Waals surface area contributed by atoms with Crippen LogP contribution in [0.5, 0.6) is 5.75 Å². The van der Waals surface area contributed by atoms with E-state index < -0.39 is 0 Å². The molecule has 0 saturated carbocycles. The fourth-order valence-corrected chi connectivity index (χ4v) is 1.83. The smallest absolute Gasteiger partial charge is 0.228 e. The number of benzene rings is 2. The lowest BCUT2D eigenvalue weighted by molar-refractivity contribution is -0.115. The number of rotatable bonds is 4. The third-order valence-corrected chi connectivity index (χ3v) is 2.87. The van der Waals surface area contributed by atoms with Crippen molar-refractivity contribution in [2.75, 3.05) is 12.4 Å². The molecule has 0 unspecified atom stereocenters. The predicted octanol–water partition coefficient (Wildman–Crippen LogP) is 3.18. The molecule has 0 aliphatic rings. The van der Waals surface area contributed by atoms with Gasteiger partial charge in [0.15, 0.2) is 0 Å². The Labute approximate surface area is 113 Å². The zero-order valence-corrected chi connectivity index (χ0v) is 11.1. The molecule has 2 aromatic carbocycles. The molecule has 0 aliphatic carbocycles. The molecule has 1 amide bonds. The van der Waals surface area contributed by atoms with E-state index in [-0.39, 0.29) is 5.91 Å². The summed E-state index contributed by atoms with van der Waals surface area (Å²) in [5.74, 6) is 0.619. The number of amides is 1. The van der Waals surface area contributed by atoms with Crippen LogP contribution in [0.2, 0.25) is 0 Å². The molecule has 3 heteroatoms. The van der Waals surface area contributed by atoms with Gasteiger partial charge in [0, 0.05) is 0 Å². The Balaban J connectivity index is 2.03. The van der Waals surface area contributed by atoms with Gasteiger partial charge in [-0.3, -0.25) is 4.79 Å². The lowest BCUT2D eigenvalue weighted by Crippen LogP contribution is -2.14. The van der Waals surface area contributed by atoms with E-state index in [1.54, 1.807) is 7.11 Å². The van der Waals surface area contributed by atoms with Crippen LogP contribution in [0, 0.1) is 6.92 Å². The molecule has 0 heterocycles. The number of hydrogen-bond donors (Lipinski definition) is 1. The molecular formula is C16H17NO2. The first-order valence-corrected chi connectivity index (χ1v) is 6.17. The molecule has 2 rings (SSSR count). The van der Waals surface area contributed by atoms with Crippen molar-refractivity contribution in [2.45, 2.75) is 13.3 Å². The summed E-state index contributed by atoms with van der Waals surface area (Å²) < 4.78 is 5.20. The average Bonchev–Trinajstić information content (AvgIpc) is 2.42. The van der Waals surface area contributed by atoms with Crippen LogP contribution < -0.4 is 10.1 Å². The standard InChI is InChI=1S/C16H17NO2/c1-12-7-9-13(10-8-12)11-16(18)17-14-5-3-4-6-15(14)19-2/h3-10H,11H2,1-2H3,(H,17,18). The van der Waals surface area contributed by atoms with Gasteiger partial charge in [-0.15, -0.1) is 0 Å². The molecule has 2 aromatic rings. The molecule has 0 fully saturated rings. The van der Waals surface area contributed by atoms with Crippen molar-refractivity contribution in [1.29, 1.82) is 0 Å². The summed E-state index contributed by atoms with van der Waals surface area (Å²) in [4.78, 5) is 12.0. The first-order valence-electron chi connectivity index (χ1n) is 6.17. The van der Waals surface area contributed by atoms with Crippen LogP contribution >= 0.6 is 0 Å². The molecule has 0 radical (unpaired) electrons. The van der Waals surface area contributed by atoms with Gasteiger partial charge < -0.3 is 10.1 Å². The van der Waals surface area contributed by atoms with E-state index in [1.165, 1.54) is 5.56 Å². The molecule has 0 aliphatic heterocycles. The lowest BCUT2D eigenvalue weighted by atomic mass is 10.1. The Hall–Kier alpha value is -2.29. The molecular weight excluding hydrogens is 238 g/mol. The molecule has 0 bridgehead atoms. The highest BCUT2D eigenvalue weighted by Crippen LogP contribution is 2.23. The van der Waals surface area contributed by atoms with Crippen molar-refractivity contribution in [3.63, 3.8) is 0 Å². The Morgan fingerprint density at radius 2 is 1.79 bits per heavy atom. The summed E-state index contributed by atoms with van der Waals surface area (Å²) in [6, 6.07) is 15.3. The van der Waals surface area contributed by atoms with Crippen LogP contribution in [-0.2, 0) is 11.2 Å². The number of carbonyl (C=O) groups excluding carboxylic acids is 1. The third-order valence-electron chi connectivity index (χ3n) is 2.87. The number of anilines is 1. The summed E-state index contributed by atoms with van der Waals surface area (Å²) in [7, 11) is 1.59. The zero-order valence-electron chi connectivity index (χ0n) is 11.1. The predicted molar refractivity (Wildman–Crippen MR) is 76.5 cm³/mol. The van der Waals surface area contributed by atoms with E-state index in [0.29, 0.717) is 17.9 Å². The number of hydrogen-bond acceptors (Lipinski definition) is 2. The van der Waals surface area contributed by atoms with Crippen LogP contribution in [-0.4, -0.2) is 13.0 Å². The van der Waals surface area contributed by atoms with E-state index in [0.717, 1.165) is 5.56 Å². The first kappa shape index (κ1) is 13.1. The van der Waals surface area contributed by atoms with E-state index in [2.05, 4.69) is 5.32 Å². The summed E-state index contributed by atoms with van der Waals surface area (Å²) >= 11 is 0. The number of nitrogens with one attached hydrogen (secondary N) is 1. The molecule has 0 spiro atoms. The van der Waals surface area contributed by atoms with E-state index in [1.807, 2.05) is 55.5 Å². The molecule has 3 nitrogen and oxygen atoms in total. The van der Waals surface area contributed by atoms with Crippen molar-refractivity contribution in [1.82, 2.24) is 0 Å². The van der Waals surface area contributed by atoms with Gasteiger partial charge in [0.25, 0.3) is 0 Å². The molecule has 19 heavy (non-hydrogen) atoms. The average molecular weight is 255 g/mol. The normalized spacial score (nSPS) is 10.0. The number of methoxy groups -OCH3 is 1. The second kappa shape index (κ2) is 6.05. The highest BCUT2D eigenvalue weighted by Gasteiger charge is 2.07. The summed E-state index contributed by atoms with van der Waals surface area (Å²) in [6.07, 6.45) is 0.359. The monoisotopic (exact) mass is 255 g/mol. The van der Waals surface area contributed by atoms with Gasteiger partial charge in [-0.25, -0.2) is 0 Å². The highest BCUT2D eigenvalue weighted by molar-refractivity contribution is 5.93. The van der Waals surface area contributed by atoms with Gasteiger partial charge in [-0.2, -0.15) is 0 Å². The summed E-state index contributed by atoms with van der Waals surface area (Å²) in [5.41, 5.74) is 2.88. The highest BCUT2D eigenvalue weighted by atomic mass is 16.5. The van der Waals surface area contributed by atoms with Crippen LogP contribution in [0.4, 0.5) is 5.69 Å². The van der Waals surface area contributed by atoms with Crippen LogP contribution in [0.3, 0.4) is 0 Å². The largest absolute Gasteiger partial charge is 0.495 e. The number of ether oxygens (including phenoxy) is 1. The van der Waals surface area contributed by atoms with Crippen molar-refractivity contribution >= 4 is 11.6 Å². The molecule has 0 saturated heterocycles. The molecule has 98 valence electrons. The van der Waals surface area contributed by atoms with Gasteiger partial charge in [-0.05, 0) is 24.6 Å². The van der Waals surface area contributed by atoms with Crippen molar-refractivity contribution < 1.29 is 9.53 Å². The van der Waals surface area contributed by atoms with Crippen molar-refractivity contribution in [2.24, 2.45) is 0 Å². The molecule has 0 aromatic heterocycles. The maximum absolute atomic E-state index is 12.0. The van der Waals surface area contributed by atoms with E-state index >= 15 is 0 Å². The number of carbonyl (C=O) groups is 1.